The highest BCUT2D eigenvalue weighted by atomic mass is 35.5. The summed E-state index contributed by atoms with van der Waals surface area (Å²) in [6, 6.07) is 4.29. The number of aliphatic hydroxyl groups excluding tert-OH is 1. The molecule has 1 aromatic carbocycles. The Morgan fingerprint density at radius 1 is 1.00 bits per heavy atom. The van der Waals surface area contributed by atoms with E-state index in [1.165, 1.54) is 77.4 Å². The first-order valence-electron chi connectivity index (χ1n) is 14.1. The molecule has 1 N–H and O–H groups in total. The Morgan fingerprint density at radius 2 is 1.73 bits per heavy atom. The molecule has 0 amide bonds. The van der Waals surface area contributed by atoms with Crippen LogP contribution in [0.4, 0.5) is 0 Å². The zero-order chi connectivity index (χ0) is 24.2. The van der Waals surface area contributed by atoms with Gasteiger partial charge in [-0.25, -0.2) is 0 Å². The van der Waals surface area contributed by atoms with Gasteiger partial charge in [0.2, 0.25) is 0 Å². The molecule has 2 saturated carbocycles. The molecule has 2 aliphatic carbocycles. The molecule has 3 fully saturated rings. The van der Waals surface area contributed by atoms with Crippen LogP contribution in [0.5, 0.6) is 5.75 Å². The summed E-state index contributed by atoms with van der Waals surface area (Å²) in [4.78, 5) is 4.84. The second-order valence-electron chi connectivity index (χ2n) is 11.8. The van der Waals surface area contributed by atoms with Crippen LogP contribution < -0.4 is 4.74 Å². The monoisotopic (exact) mass is 555 g/mol. The van der Waals surface area contributed by atoms with Gasteiger partial charge in [-0.15, -0.1) is 24.8 Å². The van der Waals surface area contributed by atoms with Crippen LogP contribution in [0.3, 0.4) is 0 Å². The number of benzene rings is 1. The minimum atomic E-state index is 0. The average Bonchev–Trinajstić information content (AvgIpc) is 3.61. The molecule has 0 radical (unpaired) electrons. The molecule has 1 saturated heterocycles. The molecule has 5 rings (SSSR count). The summed E-state index contributed by atoms with van der Waals surface area (Å²) >= 11 is 0. The molecule has 1 aromatic heterocycles. The molecule has 2 atom stereocenters. The van der Waals surface area contributed by atoms with E-state index in [1.807, 2.05) is 0 Å². The third-order valence-corrected chi connectivity index (χ3v) is 8.71. The molecule has 2 heterocycles. The minimum absolute atomic E-state index is 0. The molecule has 8 heteroatoms. The van der Waals surface area contributed by atoms with Gasteiger partial charge in [0.1, 0.15) is 5.75 Å². The molecule has 3 aliphatic rings. The van der Waals surface area contributed by atoms with Crippen LogP contribution in [0.1, 0.15) is 69.0 Å². The summed E-state index contributed by atoms with van der Waals surface area (Å²) in [5.74, 6) is 3.67. The van der Waals surface area contributed by atoms with Crippen LogP contribution in [-0.2, 0) is 13.0 Å². The maximum Gasteiger partial charge on any atom is 0.175 e. The highest BCUT2D eigenvalue weighted by Gasteiger charge is 2.29. The zero-order valence-corrected chi connectivity index (χ0v) is 24.3. The van der Waals surface area contributed by atoms with E-state index < -0.39 is 0 Å². The predicted octanol–water partition coefficient (Wildman–Crippen LogP) is 5.97. The van der Waals surface area contributed by atoms with Crippen LogP contribution in [0.2, 0.25) is 0 Å². The average molecular weight is 557 g/mol. The Kier molecular flexibility index (Phi) is 11.8. The largest absolute Gasteiger partial charge is 0.493 e. The van der Waals surface area contributed by atoms with Crippen molar-refractivity contribution in [2.24, 2.45) is 23.7 Å². The lowest BCUT2D eigenvalue weighted by Crippen LogP contribution is -2.40. The van der Waals surface area contributed by atoms with Crippen molar-refractivity contribution >= 4 is 35.8 Å². The summed E-state index contributed by atoms with van der Waals surface area (Å²) in [6.45, 7) is 5.57. The highest BCUT2D eigenvalue weighted by Crippen LogP contribution is 2.35. The number of aliphatic hydroxyl groups is 1. The van der Waals surface area contributed by atoms with Crippen molar-refractivity contribution in [2.45, 2.75) is 70.8 Å². The van der Waals surface area contributed by atoms with Crippen molar-refractivity contribution in [1.82, 2.24) is 15.0 Å². The summed E-state index contributed by atoms with van der Waals surface area (Å²) in [5, 5.41) is 15.4. The Morgan fingerprint density at radius 3 is 2.41 bits per heavy atom. The van der Waals surface area contributed by atoms with Gasteiger partial charge in [-0.05, 0) is 114 Å². The van der Waals surface area contributed by atoms with E-state index in [0.717, 1.165) is 59.4 Å². The summed E-state index contributed by atoms with van der Waals surface area (Å²) in [7, 11) is 4.18. The van der Waals surface area contributed by atoms with Crippen molar-refractivity contribution in [1.29, 1.82) is 0 Å². The van der Waals surface area contributed by atoms with Crippen LogP contribution in [-0.4, -0.2) is 67.0 Å². The lowest BCUT2D eigenvalue weighted by atomic mass is 9.79. The van der Waals surface area contributed by atoms with Crippen LogP contribution >= 0.6 is 24.8 Å². The number of likely N-dealkylation sites (tertiary alicyclic amines) is 1. The van der Waals surface area contributed by atoms with E-state index in [1.54, 1.807) is 0 Å². The first-order valence-corrected chi connectivity index (χ1v) is 14.1. The van der Waals surface area contributed by atoms with Gasteiger partial charge in [0, 0.05) is 25.1 Å². The summed E-state index contributed by atoms with van der Waals surface area (Å²) in [5.41, 5.74) is 3.14. The Balaban J connectivity index is 0.00000190. The quantitative estimate of drug-likeness (QED) is 0.368. The maximum absolute atomic E-state index is 9.75. The van der Waals surface area contributed by atoms with Gasteiger partial charge in [0.25, 0.3) is 0 Å². The number of fused-ring (bicyclic) bond motifs is 1. The Bertz CT molecular complexity index is 957. The lowest BCUT2D eigenvalue weighted by molar-refractivity contribution is 0.0826. The number of ether oxygens (including phenoxy) is 1. The van der Waals surface area contributed by atoms with Crippen LogP contribution in [0.15, 0.2) is 16.7 Å². The second-order valence-corrected chi connectivity index (χ2v) is 11.8. The molecule has 6 nitrogen and oxygen atoms in total. The third-order valence-electron chi connectivity index (χ3n) is 8.71. The topological polar surface area (TPSA) is 62.0 Å². The first kappa shape index (κ1) is 30.5. The van der Waals surface area contributed by atoms with E-state index in [2.05, 4.69) is 41.2 Å². The van der Waals surface area contributed by atoms with Crippen molar-refractivity contribution in [2.75, 3.05) is 46.9 Å². The lowest BCUT2D eigenvalue weighted by Gasteiger charge is -2.38. The smallest absolute Gasteiger partial charge is 0.175 e. The maximum atomic E-state index is 9.75. The summed E-state index contributed by atoms with van der Waals surface area (Å²) in [6.07, 6.45) is 12.5. The second kappa shape index (κ2) is 14.4. The molecule has 1 aliphatic heterocycles. The number of piperidine rings is 1. The highest BCUT2D eigenvalue weighted by molar-refractivity contribution is 5.86. The van der Waals surface area contributed by atoms with Crippen molar-refractivity contribution in [3.05, 3.63) is 23.4 Å². The van der Waals surface area contributed by atoms with Crippen molar-refractivity contribution in [3.63, 3.8) is 0 Å². The van der Waals surface area contributed by atoms with Gasteiger partial charge in [0.15, 0.2) is 5.58 Å². The number of halogens is 2. The Hall–Kier alpha value is -1.05. The van der Waals surface area contributed by atoms with Crippen LogP contribution in [0, 0.1) is 23.7 Å². The Labute approximate surface area is 235 Å². The number of nitrogens with zero attached hydrogens (tertiary/aromatic N) is 3. The van der Waals surface area contributed by atoms with Crippen molar-refractivity contribution in [3.8, 4) is 5.75 Å². The number of rotatable bonds is 11. The number of aryl methyl sites for hydroxylation is 1. The van der Waals surface area contributed by atoms with E-state index >= 15 is 0 Å². The molecule has 2 unspecified atom stereocenters. The fourth-order valence-electron chi connectivity index (χ4n) is 6.26. The van der Waals surface area contributed by atoms with Crippen molar-refractivity contribution < 1.29 is 14.4 Å². The molecule has 2 aromatic rings. The van der Waals surface area contributed by atoms with E-state index in [4.69, 9.17) is 9.26 Å². The SMILES string of the molecule is CN(C)Cc1c(OCC2CC2)ccc2c(CCC3CCN(CC4CCCCC4CO)CC3)noc12.Cl.Cl. The van der Waals surface area contributed by atoms with Gasteiger partial charge >= 0.3 is 0 Å². The first-order chi connectivity index (χ1) is 17.1. The number of hydrogen-bond donors (Lipinski definition) is 1. The van der Waals surface area contributed by atoms with Gasteiger partial charge in [-0.2, -0.15) is 0 Å². The molecular formula is C29H47Cl2N3O3. The fraction of sp³-hybridized carbons (Fsp3) is 0.759. The standard InChI is InChI=1S/C29H45N3O3.2ClH/c1-31(2)18-26-28(34-20-22-7-8-22)12-10-25-27(30-35-29(25)26)11-9-21-13-15-32(16-14-21)17-23-5-3-4-6-24(23)19-33;;/h10,12,21-24,33H,3-9,11,13-20H2,1-2H3;2*1H. The minimum Gasteiger partial charge on any atom is -0.493 e. The molecule has 37 heavy (non-hydrogen) atoms. The van der Waals surface area contributed by atoms with Gasteiger partial charge in [0.05, 0.1) is 17.9 Å². The van der Waals surface area contributed by atoms with Gasteiger partial charge < -0.3 is 24.2 Å². The third kappa shape index (κ3) is 7.98. The normalized spacial score (nSPS) is 23.1. The molecular weight excluding hydrogens is 509 g/mol. The summed E-state index contributed by atoms with van der Waals surface area (Å²) < 4.78 is 12.1. The van der Waals surface area contributed by atoms with Gasteiger partial charge in [-0.3, -0.25) is 0 Å². The van der Waals surface area contributed by atoms with E-state index in [-0.39, 0.29) is 24.8 Å². The number of aromatic nitrogens is 1. The molecule has 0 spiro atoms. The van der Waals surface area contributed by atoms with Crippen LogP contribution in [0.25, 0.3) is 11.0 Å². The zero-order valence-electron chi connectivity index (χ0n) is 22.7. The predicted molar refractivity (Wildman–Crippen MR) is 154 cm³/mol. The van der Waals surface area contributed by atoms with E-state index in [9.17, 15) is 5.11 Å². The van der Waals surface area contributed by atoms with Gasteiger partial charge in [-0.1, -0.05) is 18.0 Å². The fourth-order valence-corrected chi connectivity index (χ4v) is 6.26. The molecule has 0 bridgehead atoms. The number of hydrogen-bond acceptors (Lipinski definition) is 6. The van der Waals surface area contributed by atoms with E-state index in [0.29, 0.717) is 18.4 Å². The molecule has 210 valence electrons.